The topological polar surface area (TPSA) is 75.3 Å². The highest BCUT2D eigenvalue weighted by molar-refractivity contribution is 5.31. The van der Waals surface area contributed by atoms with Crippen LogP contribution in [-0.4, -0.2) is 40.3 Å². The van der Waals surface area contributed by atoms with Crippen molar-refractivity contribution in [2.45, 2.75) is 24.7 Å². The zero-order valence-electron chi connectivity index (χ0n) is 9.43. The number of aliphatic hydroxyl groups is 1. The maximum absolute atomic E-state index is 12.3. The van der Waals surface area contributed by atoms with Crippen LogP contribution in [0.3, 0.4) is 0 Å². The number of β-amino-alcohol motifs (C(OH)–C–C–N with tert-alkyl or cyclic N) is 1. The second-order valence-corrected chi connectivity index (χ2v) is 4.24. The molecule has 0 radical (unpaired) electrons. The molecule has 0 saturated carbocycles. The summed E-state index contributed by atoms with van der Waals surface area (Å²) >= 11 is 0. The highest BCUT2D eigenvalue weighted by Crippen LogP contribution is 2.28. The van der Waals surface area contributed by atoms with Gasteiger partial charge in [0.1, 0.15) is 0 Å². The van der Waals surface area contributed by atoms with Crippen molar-refractivity contribution in [2.24, 2.45) is 5.73 Å². The second kappa shape index (κ2) is 4.69. The van der Waals surface area contributed by atoms with Crippen LogP contribution in [0.2, 0.25) is 0 Å². The fraction of sp³-hybridized carbons (Fsp3) is 0.600. The Hall–Kier alpha value is -1.41. The molecule has 0 bridgehead atoms. The van der Waals surface area contributed by atoms with Crippen molar-refractivity contribution in [3.63, 3.8) is 0 Å². The third-order valence-electron chi connectivity index (χ3n) is 2.88. The van der Waals surface area contributed by atoms with Crippen LogP contribution >= 0.6 is 0 Å². The number of aromatic nitrogens is 2. The first kappa shape index (κ1) is 13.0. The van der Waals surface area contributed by atoms with Gasteiger partial charge in [0, 0.05) is 31.5 Å². The van der Waals surface area contributed by atoms with Crippen molar-refractivity contribution in [2.75, 3.05) is 18.0 Å². The van der Waals surface area contributed by atoms with Crippen LogP contribution < -0.4 is 10.6 Å². The van der Waals surface area contributed by atoms with E-state index >= 15 is 0 Å². The summed E-state index contributed by atoms with van der Waals surface area (Å²) in [6.45, 7) is 0.746. The van der Waals surface area contributed by atoms with E-state index in [1.54, 1.807) is 4.90 Å². The SMILES string of the molecule is N[C@H]1CCN(c2ncc(C(F)(F)F)cn2)C[C@@H]1O. The van der Waals surface area contributed by atoms with Gasteiger partial charge < -0.3 is 15.7 Å². The Kier molecular flexibility index (Phi) is 3.40. The lowest BCUT2D eigenvalue weighted by Gasteiger charge is -2.33. The Morgan fingerprint density at radius 1 is 1.33 bits per heavy atom. The predicted molar refractivity (Wildman–Crippen MR) is 57.8 cm³/mol. The number of piperidine rings is 1. The third-order valence-corrected chi connectivity index (χ3v) is 2.88. The lowest BCUT2D eigenvalue weighted by molar-refractivity contribution is -0.138. The highest BCUT2D eigenvalue weighted by atomic mass is 19.4. The minimum absolute atomic E-state index is 0.175. The lowest BCUT2D eigenvalue weighted by atomic mass is 10.0. The number of hydrogen-bond donors (Lipinski definition) is 2. The molecular formula is C10H13F3N4O. The summed E-state index contributed by atoms with van der Waals surface area (Å²) in [6.07, 6.45) is -3.13. The molecule has 2 atom stereocenters. The van der Waals surface area contributed by atoms with Gasteiger partial charge in [-0.1, -0.05) is 0 Å². The molecule has 0 aliphatic carbocycles. The van der Waals surface area contributed by atoms with Gasteiger partial charge in [0.15, 0.2) is 0 Å². The maximum Gasteiger partial charge on any atom is 0.419 e. The molecule has 5 nitrogen and oxygen atoms in total. The summed E-state index contributed by atoms with van der Waals surface area (Å²) in [7, 11) is 0. The van der Waals surface area contributed by atoms with E-state index in [-0.39, 0.29) is 18.5 Å². The largest absolute Gasteiger partial charge is 0.419 e. The zero-order chi connectivity index (χ0) is 13.3. The van der Waals surface area contributed by atoms with Crippen LogP contribution in [0.25, 0.3) is 0 Å². The molecule has 0 spiro atoms. The van der Waals surface area contributed by atoms with Crippen LogP contribution in [0.4, 0.5) is 19.1 Å². The van der Waals surface area contributed by atoms with Gasteiger partial charge in [0.05, 0.1) is 11.7 Å². The van der Waals surface area contributed by atoms with Crippen molar-refractivity contribution in [1.82, 2.24) is 9.97 Å². The first-order chi connectivity index (χ1) is 8.38. The Morgan fingerprint density at radius 3 is 2.44 bits per heavy atom. The van der Waals surface area contributed by atoms with Crippen molar-refractivity contribution in [3.05, 3.63) is 18.0 Å². The molecule has 0 aromatic carbocycles. The molecule has 1 saturated heterocycles. The van der Waals surface area contributed by atoms with Crippen molar-refractivity contribution in [3.8, 4) is 0 Å². The van der Waals surface area contributed by atoms with Crippen LogP contribution in [0.15, 0.2) is 12.4 Å². The van der Waals surface area contributed by atoms with E-state index in [0.29, 0.717) is 13.0 Å². The maximum atomic E-state index is 12.3. The van der Waals surface area contributed by atoms with Crippen molar-refractivity contribution < 1.29 is 18.3 Å². The smallest absolute Gasteiger partial charge is 0.390 e. The predicted octanol–water partition coefficient (Wildman–Crippen LogP) is 0.394. The molecule has 2 rings (SSSR count). The molecule has 1 aromatic rings. The Balaban J connectivity index is 2.11. The van der Waals surface area contributed by atoms with Gasteiger partial charge in [-0.3, -0.25) is 0 Å². The molecule has 1 aromatic heterocycles. The van der Waals surface area contributed by atoms with E-state index in [9.17, 15) is 18.3 Å². The molecule has 1 aliphatic heterocycles. The van der Waals surface area contributed by atoms with Gasteiger partial charge >= 0.3 is 6.18 Å². The number of nitrogens with two attached hydrogens (primary N) is 1. The fourth-order valence-corrected chi connectivity index (χ4v) is 1.76. The standard InChI is InChI=1S/C10H13F3N4O/c11-10(12,13)6-3-15-9(16-4-6)17-2-1-7(14)8(18)5-17/h3-4,7-8,18H,1-2,5,14H2/t7-,8-/m0/s1. The van der Waals surface area contributed by atoms with Crippen LogP contribution in [0, 0.1) is 0 Å². The molecule has 0 unspecified atom stereocenters. The number of aliphatic hydroxyl groups excluding tert-OH is 1. The van der Waals surface area contributed by atoms with E-state index in [1.165, 1.54) is 0 Å². The summed E-state index contributed by atoms with van der Waals surface area (Å²) in [4.78, 5) is 8.96. The lowest BCUT2D eigenvalue weighted by Crippen LogP contribution is -2.51. The average Bonchev–Trinajstić information content (AvgIpc) is 2.32. The number of alkyl halides is 3. The van der Waals surface area contributed by atoms with Gasteiger partial charge in [-0.2, -0.15) is 13.2 Å². The minimum atomic E-state index is -4.44. The molecule has 100 valence electrons. The summed E-state index contributed by atoms with van der Waals surface area (Å²) in [6, 6.07) is -0.310. The van der Waals surface area contributed by atoms with Crippen molar-refractivity contribution >= 4 is 5.95 Å². The zero-order valence-corrected chi connectivity index (χ0v) is 9.43. The monoisotopic (exact) mass is 262 g/mol. The summed E-state index contributed by atoms with van der Waals surface area (Å²) in [5.74, 6) is 0.175. The number of halogens is 3. The molecule has 0 amide bonds. The Bertz CT molecular complexity index is 409. The van der Waals surface area contributed by atoms with E-state index in [1.807, 2.05) is 0 Å². The van der Waals surface area contributed by atoms with E-state index in [2.05, 4.69) is 9.97 Å². The Labute approximate surface area is 101 Å². The van der Waals surface area contributed by atoms with Crippen LogP contribution in [0.1, 0.15) is 12.0 Å². The van der Waals surface area contributed by atoms with E-state index in [0.717, 1.165) is 12.4 Å². The van der Waals surface area contributed by atoms with Gasteiger partial charge in [-0.05, 0) is 6.42 Å². The number of anilines is 1. The molecular weight excluding hydrogens is 249 g/mol. The first-order valence-corrected chi connectivity index (χ1v) is 5.46. The molecule has 3 N–H and O–H groups in total. The highest BCUT2D eigenvalue weighted by Gasteiger charge is 2.32. The normalized spacial score (nSPS) is 25.3. The minimum Gasteiger partial charge on any atom is -0.390 e. The quantitative estimate of drug-likeness (QED) is 0.766. The average molecular weight is 262 g/mol. The van der Waals surface area contributed by atoms with Gasteiger partial charge in [0.25, 0.3) is 0 Å². The molecule has 2 heterocycles. The summed E-state index contributed by atoms with van der Waals surface area (Å²) in [5, 5.41) is 9.59. The number of rotatable bonds is 1. The molecule has 1 fully saturated rings. The number of hydrogen-bond acceptors (Lipinski definition) is 5. The fourth-order valence-electron chi connectivity index (χ4n) is 1.76. The molecule has 1 aliphatic rings. The second-order valence-electron chi connectivity index (χ2n) is 4.24. The van der Waals surface area contributed by atoms with Crippen LogP contribution in [-0.2, 0) is 6.18 Å². The van der Waals surface area contributed by atoms with Crippen LogP contribution in [0.5, 0.6) is 0 Å². The van der Waals surface area contributed by atoms with E-state index in [4.69, 9.17) is 5.73 Å². The summed E-state index contributed by atoms with van der Waals surface area (Å²) < 4.78 is 37.0. The molecule has 8 heteroatoms. The van der Waals surface area contributed by atoms with E-state index < -0.39 is 17.8 Å². The third kappa shape index (κ3) is 2.70. The Morgan fingerprint density at radius 2 is 1.94 bits per heavy atom. The van der Waals surface area contributed by atoms with Gasteiger partial charge in [0.2, 0.25) is 5.95 Å². The molecule has 18 heavy (non-hydrogen) atoms. The first-order valence-electron chi connectivity index (χ1n) is 5.46. The summed E-state index contributed by atoms with van der Waals surface area (Å²) in [5.41, 5.74) is 4.75. The number of nitrogens with zero attached hydrogens (tertiary/aromatic N) is 3. The van der Waals surface area contributed by atoms with Crippen molar-refractivity contribution in [1.29, 1.82) is 0 Å². The van der Waals surface area contributed by atoms with Gasteiger partial charge in [-0.15, -0.1) is 0 Å². The van der Waals surface area contributed by atoms with Gasteiger partial charge in [-0.25, -0.2) is 9.97 Å².